The Morgan fingerprint density at radius 3 is 3.00 bits per heavy atom. The van der Waals surface area contributed by atoms with Crippen molar-refractivity contribution in [3.8, 4) is 0 Å². The average molecular weight is 370 g/mol. The largest absolute Gasteiger partial charge is 0.389 e. The summed E-state index contributed by atoms with van der Waals surface area (Å²) in [6.45, 7) is 1.66. The molecule has 0 bridgehead atoms. The van der Waals surface area contributed by atoms with Crippen molar-refractivity contribution in [3.05, 3.63) is 34.6 Å². The van der Waals surface area contributed by atoms with Crippen molar-refractivity contribution in [1.82, 2.24) is 19.9 Å². The van der Waals surface area contributed by atoms with Crippen LogP contribution in [-0.4, -0.2) is 49.6 Å². The quantitative estimate of drug-likeness (QED) is 0.885. The zero-order chi connectivity index (χ0) is 18.9. The molecule has 2 atom stereocenters. The summed E-state index contributed by atoms with van der Waals surface area (Å²) in [6.07, 6.45) is 5.70. The summed E-state index contributed by atoms with van der Waals surface area (Å²) in [5.74, 6) is 0.308. The summed E-state index contributed by atoms with van der Waals surface area (Å²) in [7, 11) is 0. The fraction of sp³-hybridized carbons (Fsp3) is 0.600. The molecule has 2 aromatic rings. The van der Waals surface area contributed by atoms with Crippen LogP contribution in [-0.2, 0) is 11.3 Å². The lowest BCUT2D eigenvalue weighted by Gasteiger charge is -2.47. The first-order chi connectivity index (χ1) is 13.1. The van der Waals surface area contributed by atoms with Crippen LogP contribution in [0.5, 0.6) is 0 Å². The van der Waals surface area contributed by atoms with Crippen molar-refractivity contribution in [2.24, 2.45) is 5.92 Å². The van der Waals surface area contributed by atoms with Gasteiger partial charge in [0.2, 0.25) is 5.91 Å². The number of benzene rings is 1. The topological polar surface area (TPSA) is 88.3 Å². The van der Waals surface area contributed by atoms with E-state index in [0.717, 1.165) is 25.7 Å². The summed E-state index contributed by atoms with van der Waals surface area (Å²) in [5.41, 5.74) is -0.148. The third-order valence-electron chi connectivity index (χ3n) is 6.17. The minimum atomic E-state index is -0.566. The Morgan fingerprint density at radius 2 is 2.11 bits per heavy atom. The molecule has 2 aliphatic rings. The van der Waals surface area contributed by atoms with E-state index in [9.17, 15) is 14.7 Å². The fourth-order valence-corrected chi connectivity index (χ4v) is 4.51. The Hall–Kier alpha value is -2.28. The van der Waals surface area contributed by atoms with E-state index in [2.05, 4.69) is 10.3 Å². The molecule has 7 nitrogen and oxygen atoms in total. The molecule has 2 heterocycles. The second kappa shape index (κ2) is 7.38. The molecule has 0 unspecified atom stereocenters. The highest BCUT2D eigenvalue weighted by atomic mass is 16.3. The van der Waals surface area contributed by atoms with Crippen LogP contribution in [0.3, 0.4) is 0 Å². The Bertz CT molecular complexity index is 896. The number of likely N-dealkylation sites (tertiary alicyclic amines) is 1. The molecule has 1 amide bonds. The molecule has 27 heavy (non-hydrogen) atoms. The van der Waals surface area contributed by atoms with Crippen molar-refractivity contribution in [1.29, 1.82) is 0 Å². The molecule has 2 fully saturated rings. The number of carbonyl (C=O) groups is 1. The first-order valence-electron chi connectivity index (χ1n) is 9.89. The molecule has 1 aliphatic carbocycles. The molecule has 1 saturated carbocycles. The summed E-state index contributed by atoms with van der Waals surface area (Å²) in [4.78, 5) is 26.9. The van der Waals surface area contributed by atoms with E-state index in [-0.39, 0.29) is 17.4 Å². The van der Waals surface area contributed by atoms with E-state index in [1.54, 1.807) is 12.1 Å². The third-order valence-corrected chi connectivity index (χ3v) is 6.17. The summed E-state index contributed by atoms with van der Waals surface area (Å²) < 4.78 is 1.34. The average Bonchev–Trinajstić information content (AvgIpc) is 2.69. The maximum Gasteiger partial charge on any atom is 0.277 e. The Kier molecular flexibility index (Phi) is 4.95. The van der Waals surface area contributed by atoms with E-state index >= 15 is 0 Å². The molecule has 1 aromatic heterocycles. The second-order valence-corrected chi connectivity index (χ2v) is 7.87. The van der Waals surface area contributed by atoms with E-state index in [1.165, 1.54) is 4.68 Å². The van der Waals surface area contributed by atoms with Crippen LogP contribution in [0.4, 0.5) is 0 Å². The van der Waals surface area contributed by atoms with Crippen molar-refractivity contribution < 1.29 is 9.90 Å². The predicted octanol–water partition coefficient (Wildman–Crippen LogP) is 1.73. The van der Waals surface area contributed by atoms with Gasteiger partial charge in [-0.1, -0.05) is 30.2 Å². The summed E-state index contributed by atoms with van der Waals surface area (Å²) >= 11 is 0. The van der Waals surface area contributed by atoms with Gasteiger partial charge < -0.3 is 10.0 Å². The van der Waals surface area contributed by atoms with Crippen molar-refractivity contribution in [3.63, 3.8) is 0 Å². The lowest BCUT2D eigenvalue weighted by molar-refractivity contribution is -0.143. The van der Waals surface area contributed by atoms with Gasteiger partial charge in [-0.15, -0.1) is 5.10 Å². The van der Waals surface area contributed by atoms with Gasteiger partial charge in [0.15, 0.2) is 0 Å². The van der Waals surface area contributed by atoms with Gasteiger partial charge in [-0.05, 0) is 37.8 Å². The van der Waals surface area contributed by atoms with E-state index in [4.69, 9.17) is 0 Å². The van der Waals surface area contributed by atoms with Crippen LogP contribution in [0.2, 0.25) is 0 Å². The van der Waals surface area contributed by atoms with Crippen LogP contribution in [0.15, 0.2) is 29.1 Å². The number of hydrogen-bond acceptors (Lipinski definition) is 5. The lowest BCUT2D eigenvalue weighted by atomic mass is 9.71. The SMILES string of the molecule is O=C(CCCn1nnc2ccccc2c1=O)N1CC[C@]2(O)CCCC[C@H]2C1. The summed E-state index contributed by atoms with van der Waals surface area (Å²) in [5, 5.41) is 19.3. The van der Waals surface area contributed by atoms with E-state index in [1.807, 2.05) is 17.0 Å². The number of hydrogen-bond donors (Lipinski definition) is 1. The molecule has 1 aliphatic heterocycles. The normalized spacial score (nSPS) is 25.4. The zero-order valence-corrected chi connectivity index (χ0v) is 15.5. The number of carbonyl (C=O) groups excluding carboxylic acids is 1. The second-order valence-electron chi connectivity index (χ2n) is 7.87. The molecule has 1 saturated heterocycles. The minimum Gasteiger partial charge on any atom is -0.389 e. The van der Waals surface area contributed by atoms with Gasteiger partial charge in [0, 0.05) is 32.0 Å². The monoisotopic (exact) mass is 370 g/mol. The van der Waals surface area contributed by atoms with Crippen molar-refractivity contribution >= 4 is 16.8 Å². The predicted molar refractivity (Wildman–Crippen MR) is 101 cm³/mol. The van der Waals surface area contributed by atoms with Crippen LogP contribution in [0.25, 0.3) is 10.9 Å². The van der Waals surface area contributed by atoms with Crippen molar-refractivity contribution in [2.45, 2.75) is 57.1 Å². The number of piperidine rings is 1. The molecule has 7 heteroatoms. The molecule has 144 valence electrons. The first-order valence-corrected chi connectivity index (χ1v) is 9.89. The number of fused-ring (bicyclic) bond motifs is 2. The number of aryl methyl sites for hydroxylation is 1. The highest BCUT2D eigenvalue weighted by Gasteiger charge is 2.43. The van der Waals surface area contributed by atoms with Gasteiger partial charge in [0.25, 0.3) is 5.56 Å². The number of nitrogens with zero attached hydrogens (tertiary/aromatic N) is 4. The van der Waals surface area contributed by atoms with E-state index < -0.39 is 5.60 Å². The molecule has 1 aromatic carbocycles. The smallest absolute Gasteiger partial charge is 0.277 e. The fourth-order valence-electron chi connectivity index (χ4n) is 4.51. The Balaban J connectivity index is 1.34. The maximum absolute atomic E-state index is 12.6. The van der Waals surface area contributed by atoms with Crippen LogP contribution >= 0.6 is 0 Å². The van der Waals surface area contributed by atoms with Crippen LogP contribution < -0.4 is 5.56 Å². The van der Waals surface area contributed by atoms with E-state index in [0.29, 0.717) is 49.8 Å². The number of rotatable bonds is 4. The molecule has 1 N–H and O–H groups in total. The molecular formula is C20H26N4O3. The highest BCUT2D eigenvalue weighted by Crippen LogP contribution is 2.39. The third kappa shape index (κ3) is 3.60. The number of amides is 1. The summed E-state index contributed by atoms with van der Waals surface area (Å²) in [6, 6.07) is 7.14. The first kappa shape index (κ1) is 18.1. The zero-order valence-electron chi connectivity index (χ0n) is 15.5. The van der Waals surface area contributed by atoms with Gasteiger partial charge in [-0.25, -0.2) is 4.68 Å². The van der Waals surface area contributed by atoms with Gasteiger partial charge in [-0.3, -0.25) is 9.59 Å². The van der Waals surface area contributed by atoms with Crippen LogP contribution in [0, 0.1) is 5.92 Å². The molecule has 0 spiro atoms. The van der Waals surface area contributed by atoms with Gasteiger partial charge >= 0.3 is 0 Å². The lowest BCUT2D eigenvalue weighted by Crippen LogP contribution is -2.54. The molecular weight excluding hydrogens is 344 g/mol. The van der Waals surface area contributed by atoms with Gasteiger partial charge in [0.1, 0.15) is 5.52 Å². The maximum atomic E-state index is 12.6. The van der Waals surface area contributed by atoms with Gasteiger partial charge in [-0.2, -0.15) is 0 Å². The number of aromatic nitrogens is 3. The Labute approximate surface area is 158 Å². The molecule has 0 radical (unpaired) electrons. The number of aliphatic hydroxyl groups is 1. The minimum absolute atomic E-state index is 0.101. The van der Waals surface area contributed by atoms with Gasteiger partial charge in [0.05, 0.1) is 11.0 Å². The van der Waals surface area contributed by atoms with Crippen LogP contribution in [0.1, 0.15) is 44.9 Å². The Morgan fingerprint density at radius 1 is 1.26 bits per heavy atom. The van der Waals surface area contributed by atoms with Crippen molar-refractivity contribution in [2.75, 3.05) is 13.1 Å². The molecule has 4 rings (SSSR count). The standard InChI is InChI=1S/C20H26N4O3/c25-18(23-13-11-20(27)10-4-3-6-15(20)14-23)9-5-12-24-19(26)16-7-1-2-8-17(16)21-22-24/h1-2,7-8,15,27H,3-6,9-14H2/t15-,20+/m0/s1. The highest BCUT2D eigenvalue weighted by molar-refractivity contribution is 5.77.